The van der Waals surface area contributed by atoms with Crippen molar-refractivity contribution in [3.63, 3.8) is 0 Å². The van der Waals surface area contributed by atoms with E-state index >= 15 is 0 Å². The highest BCUT2D eigenvalue weighted by Gasteiger charge is 2.33. The Morgan fingerprint density at radius 1 is 1.15 bits per heavy atom. The highest BCUT2D eigenvalue weighted by molar-refractivity contribution is 6.31. The standard InChI is InChI=1S/C21H19ClN4O/c1-14-19(13-25(23-14)18-9-4-3-5-10-18)21-12-20(24-26(21)15(2)27)16-7-6-8-17(22)11-16/h3-11,13,21H,12H2,1-2H3/t21-/m1/s1. The van der Waals surface area contributed by atoms with Crippen LogP contribution in [0.2, 0.25) is 5.02 Å². The summed E-state index contributed by atoms with van der Waals surface area (Å²) in [5.41, 5.74) is 4.65. The van der Waals surface area contributed by atoms with Crippen LogP contribution in [0.3, 0.4) is 0 Å². The van der Waals surface area contributed by atoms with Gasteiger partial charge in [-0.15, -0.1) is 0 Å². The van der Waals surface area contributed by atoms with Gasteiger partial charge in [0.05, 0.1) is 23.1 Å². The number of carbonyl (C=O) groups excluding carboxylic acids is 1. The Balaban J connectivity index is 1.70. The summed E-state index contributed by atoms with van der Waals surface area (Å²) in [6.07, 6.45) is 2.61. The molecule has 0 spiro atoms. The van der Waals surface area contributed by atoms with Gasteiger partial charge >= 0.3 is 0 Å². The SMILES string of the molecule is CC(=O)N1N=C(c2cccc(Cl)c2)C[C@@H]1c1cn(-c2ccccc2)nc1C. The number of hydrogen-bond donors (Lipinski definition) is 0. The number of benzene rings is 2. The summed E-state index contributed by atoms with van der Waals surface area (Å²) in [6.45, 7) is 3.50. The van der Waals surface area contributed by atoms with Crippen LogP contribution in [-0.4, -0.2) is 26.4 Å². The van der Waals surface area contributed by atoms with E-state index in [1.807, 2.05) is 72.4 Å². The Morgan fingerprint density at radius 2 is 1.93 bits per heavy atom. The van der Waals surface area contributed by atoms with E-state index in [9.17, 15) is 4.79 Å². The molecular weight excluding hydrogens is 360 g/mol. The normalized spacial score (nSPS) is 16.5. The van der Waals surface area contributed by atoms with Gasteiger partial charge in [-0.25, -0.2) is 9.69 Å². The molecule has 2 heterocycles. The monoisotopic (exact) mass is 378 g/mol. The molecule has 1 aromatic heterocycles. The zero-order valence-electron chi connectivity index (χ0n) is 15.1. The Bertz CT molecular complexity index is 1030. The van der Waals surface area contributed by atoms with Crippen LogP contribution < -0.4 is 0 Å². The van der Waals surface area contributed by atoms with Gasteiger partial charge in [0.2, 0.25) is 5.91 Å². The van der Waals surface area contributed by atoms with Crippen molar-refractivity contribution in [2.75, 3.05) is 0 Å². The number of hydrogen-bond acceptors (Lipinski definition) is 3. The third-order valence-corrected chi connectivity index (χ3v) is 4.94. The first-order valence-electron chi connectivity index (χ1n) is 8.78. The van der Waals surface area contributed by atoms with Crippen LogP contribution in [0.15, 0.2) is 65.9 Å². The second kappa shape index (κ2) is 7.00. The number of amides is 1. The first-order valence-corrected chi connectivity index (χ1v) is 9.15. The Hall–Kier alpha value is -2.92. The van der Waals surface area contributed by atoms with Crippen molar-refractivity contribution in [3.8, 4) is 5.69 Å². The maximum Gasteiger partial charge on any atom is 0.240 e. The molecule has 4 rings (SSSR count). The molecule has 0 saturated heterocycles. The van der Waals surface area contributed by atoms with E-state index in [2.05, 4.69) is 10.2 Å². The van der Waals surface area contributed by atoms with Gasteiger partial charge in [-0.1, -0.05) is 41.9 Å². The largest absolute Gasteiger partial charge is 0.273 e. The average molecular weight is 379 g/mol. The molecular formula is C21H19ClN4O. The molecule has 1 atom stereocenters. The molecule has 27 heavy (non-hydrogen) atoms. The number of para-hydroxylation sites is 1. The predicted molar refractivity (Wildman–Crippen MR) is 106 cm³/mol. The minimum Gasteiger partial charge on any atom is -0.273 e. The molecule has 6 heteroatoms. The highest BCUT2D eigenvalue weighted by Crippen LogP contribution is 2.34. The number of carbonyl (C=O) groups is 1. The predicted octanol–water partition coefficient (Wildman–Crippen LogP) is 4.53. The van der Waals surface area contributed by atoms with Crippen molar-refractivity contribution in [3.05, 3.63) is 82.6 Å². The van der Waals surface area contributed by atoms with Crippen LogP contribution in [-0.2, 0) is 4.79 Å². The van der Waals surface area contributed by atoms with E-state index in [1.54, 1.807) is 5.01 Å². The summed E-state index contributed by atoms with van der Waals surface area (Å²) in [4.78, 5) is 12.2. The van der Waals surface area contributed by atoms with Gasteiger partial charge in [0, 0.05) is 30.1 Å². The molecule has 5 nitrogen and oxygen atoms in total. The first-order chi connectivity index (χ1) is 13.0. The molecule has 1 aliphatic rings. The lowest BCUT2D eigenvalue weighted by Gasteiger charge is -2.19. The van der Waals surface area contributed by atoms with Crippen molar-refractivity contribution in [2.45, 2.75) is 26.3 Å². The number of halogens is 1. The van der Waals surface area contributed by atoms with Gasteiger partial charge in [-0.2, -0.15) is 10.2 Å². The van der Waals surface area contributed by atoms with Gasteiger partial charge in [0.25, 0.3) is 0 Å². The van der Waals surface area contributed by atoms with E-state index < -0.39 is 0 Å². The topological polar surface area (TPSA) is 50.5 Å². The molecule has 0 N–H and O–H groups in total. The van der Waals surface area contributed by atoms with E-state index in [4.69, 9.17) is 11.6 Å². The summed E-state index contributed by atoms with van der Waals surface area (Å²) in [6, 6.07) is 17.3. The van der Waals surface area contributed by atoms with Crippen molar-refractivity contribution in [2.24, 2.45) is 5.10 Å². The van der Waals surface area contributed by atoms with Gasteiger partial charge < -0.3 is 0 Å². The zero-order chi connectivity index (χ0) is 19.0. The number of aromatic nitrogens is 2. The molecule has 2 aromatic carbocycles. The summed E-state index contributed by atoms with van der Waals surface area (Å²) < 4.78 is 1.85. The fourth-order valence-corrected chi connectivity index (χ4v) is 3.59. The van der Waals surface area contributed by atoms with Crippen LogP contribution >= 0.6 is 11.6 Å². The van der Waals surface area contributed by atoms with Crippen LogP contribution in [0.5, 0.6) is 0 Å². The third kappa shape index (κ3) is 3.38. The first kappa shape index (κ1) is 17.5. The maximum atomic E-state index is 12.2. The van der Waals surface area contributed by atoms with Crippen LogP contribution in [0.25, 0.3) is 5.69 Å². The fourth-order valence-electron chi connectivity index (χ4n) is 3.40. The smallest absolute Gasteiger partial charge is 0.240 e. The summed E-state index contributed by atoms with van der Waals surface area (Å²) >= 11 is 6.12. The van der Waals surface area contributed by atoms with E-state index in [0.29, 0.717) is 11.4 Å². The molecule has 136 valence electrons. The van der Waals surface area contributed by atoms with E-state index in [0.717, 1.165) is 28.2 Å². The number of nitrogens with zero attached hydrogens (tertiary/aromatic N) is 4. The van der Waals surface area contributed by atoms with Gasteiger partial charge in [-0.05, 0) is 36.8 Å². The lowest BCUT2D eigenvalue weighted by Crippen LogP contribution is -2.24. The molecule has 1 aliphatic heterocycles. The summed E-state index contributed by atoms with van der Waals surface area (Å²) in [7, 11) is 0. The number of hydrazone groups is 1. The van der Waals surface area contributed by atoms with Crippen molar-refractivity contribution in [1.29, 1.82) is 0 Å². The van der Waals surface area contributed by atoms with Gasteiger partial charge in [0.1, 0.15) is 0 Å². The van der Waals surface area contributed by atoms with Crippen molar-refractivity contribution < 1.29 is 4.79 Å². The molecule has 0 saturated carbocycles. The molecule has 0 unspecified atom stereocenters. The minimum absolute atomic E-state index is 0.0936. The van der Waals surface area contributed by atoms with Crippen molar-refractivity contribution in [1.82, 2.24) is 14.8 Å². The molecule has 0 bridgehead atoms. The lowest BCUT2D eigenvalue weighted by atomic mass is 9.99. The molecule has 1 amide bonds. The maximum absolute atomic E-state index is 12.2. The zero-order valence-corrected chi connectivity index (χ0v) is 15.9. The Morgan fingerprint density at radius 3 is 2.63 bits per heavy atom. The molecule has 0 radical (unpaired) electrons. The lowest BCUT2D eigenvalue weighted by molar-refractivity contribution is -0.130. The average Bonchev–Trinajstić information content (AvgIpc) is 3.26. The molecule has 0 aliphatic carbocycles. The Kier molecular flexibility index (Phi) is 4.54. The molecule has 3 aromatic rings. The van der Waals surface area contributed by atoms with Crippen LogP contribution in [0, 0.1) is 6.92 Å². The van der Waals surface area contributed by atoms with E-state index in [-0.39, 0.29) is 11.9 Å². The summed E-state index contributed by atoms with van der Waals surface area (Å²) in [5.74, 6) is -0.0936. The van der Waals surface area contributed by atoms with Crippen LogP contribution in [0.1, 0.15) is 36.2 Å². The quantitative estimate of drug-likeness (QED) is 0.672. The van der Waals surface area contributed by atoms with Gasteiger partial charge in [-0.3, -0.25) is 4.79 Å². The number of aryl methyl sites for hydroxylation is 1. The minimum atomic E-state index is -0.172. The number of rotatable bonds is 3. The fraction of sp³-hybridized carbons (Fsp3) is 0.190. The second-order valence-corrected chi connectivity index (χ2v) is 7.03. The summed E-state index contributed by atoms with van der Waals surface area (Å²) in [5, 5.41) is 11.4. The third-order valence-electron chi connectivity index (χ3n) is 4.71. The van der Waals surface area contributed by atoms with Crippen LogP contribution in [0.4, 0.5) is 0 Å². The highest BCUT2D eigenvalue weighted by atomic mass is 35.5. The van der Waals surface area contributed by atoms with Crippen molar-refractivity contribution >= 4 is 23.2 Å². The van der Waals surface area contributed by atoms with Gasteiger partial charge in [0.15, 0.2) is 0 Å². The molecule has 0 fully saturated rings. The Labute approximate surface area is 162 Å². The second-order valence-electron chi connectivity index (χ2n) is 6.59. The van der Waals surface area contributed by atoms with E-state index in [1.165, 1.54) is 6.92 Å².